The van der Waals surface area contributed by atoms with Gasteiger partial charge < -0.3 is 16.4 Å². The van der Waals surface area contributed by atoms with E-state index in [9.17, 15) is 4.79 Å². The second-order valence-corrected chi connectivity index (χ2v) is 8.19. The van der Waals surface area contributed by atoms with Gasteiger partial charge in [0.15, 0.2) is 5.96 Å². The molecule has 8 heteroatoms. The summed E-state index contributed by atoms with van der Waals surface area (Å²) in [6.07, 6.45) is 2.44. The molecule has 2 unspecified atom stereocenters. The normalized spacial score (nSPS) is 20.0. The van der Waals surface area contributed by atoms with Crippen LogP contribution in [0, 0.1) is 5.92 Å². The summed E-state index contributed by atoms with van der Waals surface area (Å²) in [6, 6.07) is 12.1. The van der Waals surface area contributed by atoms with Crippen LogP contribution in [0.4, 0.5) is 0 Å². The van der Waals surface area contributed by atoms with Gasteiger partial charge in [-0.15, -0.1) is 35.3 Å². The number of aliphatic imine (C=N–C) groups is 1. The molecular weight excluding hydrogens is 497 g/mol. The molecule has 1 aliphatic rings. The van der Waals surface area contributed by atoms with E-state index in [0.29, 0.717) is 24.1 Å². The molecule has 29 heavy (non-hydrogen) atoms. The van der Waals surface area contributed by atoms with Crippen LogP contribution in [0.25, 0.3) is 0 Å². The van der Waals surface area contributed by atoms with Crippen molar-refractivity contribution in [2.45, 2.75) is 25.4 Å². The molecule has 0 spiro atoms. The number of guanidine groups is 1. The zero-order valence-electron chi connectivity index (χ0n) is 16.9. The van der Waals surface area contributed by atoms with E-state index >= 15 is 0 Å². The van der Waals surface area contributed by atoms with Crippen molar-refractivity contribution >= 4 is 47.2 Å². The van der Waals surface area contributed by atoms with E-state index < -0.39 is 5.91 Å². The van der Waals surface area contributed by atoms with Crippen LogP contribution in [-0.2, 0) is 6.54 Å². The highest BCUT2D eigenvalue weighted by atomic mass is 127. The molecule has 1 aliphatic heterocycles. The number of hydrogen-bond acceptors (Lipinski definition) is 4. The van der Waals surface area contributed by atoms with Crippen LogP contribution in [0.5, 0.6) is 0 Å². The van der Waals surface area contributed by atoms with Gasteiger partial charge in [0.25, 0.3) is 0 Å². The summed E-state index contributed by atoms with van der Waals surface area (Å²) in [5.74, 6) is 0.928. The lowest BCUT2D eigenvalue weighted by atomic mass is 9.88. The molecule has 0 saturated carbocycles. The number of halogens is 1. The maximum absolute atomic E-state index is 11.2. The van der Waals surface area contributed by atoms with Crippen molar-refractivity contribution in [3.63, 3.8) is 0 Å². The molecule has 0 aliphatic carbocycles. The van der Waals surface area contributed by atoms with Crippen LogP contribution < -0.4 is 16.4 Å². The van der Waals surface area contributed by atoms with Gasteiger partial charge >= 0.3 is 0 Å². The van der Waals surface area contributed by atoms with Gasteiger partial charge in [-0.3, -0.25) is 14.7 Å². The van der Waals surface area contributed by atoms with Crippen molar-refractivity contribution in [3.8, 4) is 0 Å². The fourth-order valence-corrected chi connectivity index (χ4v) is 4.79. The Balaban J connectivity index is 0.00000300. The number of benzene rings is 1. The number of rotatable bonds is 6. The minimum Gasteiger partial charge on any atom is -0.366 e. The Morgan fingerprint density at radius 2 is 2.03 bits per heavy atom. The van der Waals surface area contributed by atoms with E-state index in [4.69, 9.17) is 5.73 Å². The summed E-state index contributed by atoms with van der Waals surface area (Å²) in [4.78, 5) is 19.4. The minimum atomic E-state index is -0.408. The number of likely N-dealkylation sites (tertiary alicyclic amines) is 1. The van der Waals surface area contributed by atoms with Gasteiger partial charge in [0.2, 0.25) is 5.91 Å². The molecule has 2 heterocycles. The molecule has 3 rings (SSSR count). The SMILES string of the molecule is CN=C(NCc1ccc(C(N)=O)cc1)NCC1CCCN(C)C1c1cccs1.I. The molecule has 0 bridgehead atoms. The maximum atomic E-state index is 11.2. The number of carbonyl (C=O) groups is 1. The van der Waals surface area contributed by atoms with Crippen LogP contribution in [0.2, 0.25) is 0 Å². The molecule has 1 fully saturated rings. The number of carbonyl (C=O) groups excluding carboxylic acids is 1. The smallest absolute Gasteiger partial charge is 0.248 e. The zero-order valence-corrected chi connectivity index (χ0v) is 20.1. The van der Waals surface area contributed by atoms with Crippen molar-refractivity contribution in [1.29, 1.82) is 0 Å². The average Bonchev–Trinajstić information content (AvgIpc) is 3.22. The Labute approximate surface area is 194 Å². The third-order valence-corrected chi connectivity index (χ3v) is 6.24. The third-order valence-electron chi connectivity index (χ3n) is 5.30. The van der Waals surface area contributed by atoms with Crippen LogP contribution in [0.3, 0.4) is 0 Å². The first kappa shape index (κ1) is 23.6. The predicted octanol–water partition coefficient (Wildman–Crippen LogP) is 3.21. The lowest BCUT2D eigenvalue weighted by molar-refractivity contribution is 0.100. The monoisotopic (exact) mass is 527 g/mol. The summed E-state index contributed by atoms with van der Waals surface area (Å²) >= 11 is 1.84. The summed E-state index contributed by atoms with van der Waals surface area (Å²) < 4.78 is 0. The lowest BCUT2D eigenvalue weighted by Gasteiger charge is -2.39. The number of nitrogens with two attached hydrogens (primary N) is 1. The van der Waals surface area contributed by atoms with Crippen molar-refractivity contribution < 1.29 is 4.79 Å². The van der Waals surface area contributed by atoms with E-state index in [0.717, 1.165) is 24.6 Å². The summed E-state index contributed by atoms with van der Waals surface area (Å²) in [5, 5.41) is 9.00. The van der Waals surface area contributed by atoms with E-state index in [-0.39, 0.29) is 24.0 Å². The molecule has 1 saturated heterocycles. The zero-order chi connectivity index (χ0) is 19.9. The minimum absolute atomic E-state index is 0. The molecular formula is C21H30IN5OS. The van der Waals surface area contributed by atoms with Crippen molar-refractivity contribution in [1.82, 2.24) is 15.5 Å². The molecule has 158 valence electrons. The number of nitrogens with zero attached hydrogens (tertiary/aromatic N) is 2. The Morgan fingerprint density at radius 1 is 1.28 bits per heavy atom. The Morgan fingerprint density at radius 3 is 2.66 bits per heavy atom. The van der Waals surface area contributed by atoms with Gasteiger partial charge in [-0.2, -0.15) is 0 Å². The van der Waals surface area contributed by atoms with Crippen LogP contribution >= 0.6 is 35.3 Å². The van der Waals surface area contributed by atoms with Crippen molar-refractivity contribution in [2.24, 2.45) is 16.6 Å². The Bertz CT molecular complexity index is 794. The molecule has 2 atom stereocenters. The van der Waals surface area contributed by atoms with Gasteiger partial charge in [-0.25, -0.2) is 0 Å². The van der Waals surface area contributed by atoms with Gasteiger partial charge in [-0.05, 0) is 61.5 Å². The number of hydrogen-bond donors (Lipinski definition) is 3. The number of thiophene rings is 1. The molecule has 1 aromatic carbocycles. The maximum Gasteiger partial charge on any atom is 0.248 e. The van der Waals surface area contributed by atoms with Gasteiger partial charge in [0, 0.05) is 36.6 Å². The van der Waals surface area contributed by atoms with Crippen molar-refractivity contribution in [2.75, 3.05) is 27.2 Å². The summed E-state index contributed by atoms with van der Waals surface area (Å²) in [7, 11) is 4.01. The predicted molar refractivity (Wildman–Crippen MR) is 131 cm³/mol. The second kappa shape index (κ2) is 11.5. The fraction of sp³-hybridized carbons (Fsp3) is 0.429. The molecule has 2 aromatic rings. The average molecular weight is 527 g/mol. The van der Waals surface area contributed by atoms with E-state index in [2.05, 4.69) is 45.1 Å². The molecule has 0 radical (unpaired) electrons. The number of amides is 1. The van der Waals surface area contributed by atoms with E-state index in [1.807, 2.05) is 23.5 Å². The van der Waals surface area contributed by atoms with Gasteiger partial charge in [0.1, 0.15) is 0 Å². The Hall–Kier alpha value is -1.65. The van der Waals surface area contributed by atoms with Crippen LogP contribution in [0.15, 0.2) is 46.8 Å². The molecule has 1 amide bonds. The van der Waals surface area contributed by atoms with E-state index in [1.165, 1.54) is 17.7 Å². The van der Waals surface area contributed by atoms with Crippen LogP contribution in [0.1, 0.15) is 39.7 Å². The van der Waals surface area contributed by atoms with Gasteiger partial charge in [0.05, 0.1) is 0 Å². The molecule has 1 aromatic heterocycles. The fourth-order valence-electron chi connectivity index (χ4n) is 3.80. The highest BCUT2D eigenvalue weighted by Gasteiger charge is 2.31. The first-order chi connectivity index (χ1) is 13.6. The summed E-state index contributed by atoms with van der Waals surface area (Å²) in [6.45, 7) is 2.66. The summed E-state index contributed by atoms with van der Waals surface area (Å²) in [5.41, 5.74) is 6.88. The number of nitrogens with one attached hydrogen (secondary N) is 2. The largest absolute Gasteiger partial charge is 0.366 e. The first-order valence-corrected chi connectivity index (χ1v) is 10.5. The second-order valence-electron chi connectivity index (χ2n) is 7.21. The number of piperidine rings is 1. The molecule has 4 N–H and O–H groups in total. The van der Waals surface area contributed by atoms with Crippen molar-refractivity contribution in [3.05, 3.63) is 57.8 Å². The third kappa shape index (κ3) is 6.42. The topological polar surface area (TPSA) is 82.7 Å². The molecule has 6 nitrogen and oxygen atoms in total. The lowest BCUT2D eigenvalue weighted by Crippen LogP contribution is -2.44. The number of primary amides is 1. The highest BCUT2D eigenvalue weighted by Crippen LogP contribution is 2.36. The van der Waals surface area contributed by atoms with E-state index in [1.54, 1.807) is 19.2 Å². The first-order valence-electron chi connectivity index (χ1n) is 9.65. The highest BCUT2D eigenvalue weighted by molar-refractivity contribution is 14.0. The Kier molecular flexibility index (Phi) is 9.38. The standard InChI is InChI=1S/C21H29N5OS.HI/c1-23-21(24-13-15-7-9-16(10-8-15)20(22)27)25-14-17-5-3-11-26(2)19(17)18-6-4-12-28-18;/h4,6-10,12,17,19H,3,5,11,13-14H2,1-2H3,(H2,22,27)(H2,23,24,25);1H. The van der Waals surface area contributed by atoms with Gasteiger partial charge in [-0.1, -0.05) is 18.2 Å². The quantitative estimate of drug-likeness (QED) is 0.306. The van der Waals surface area contributed by atoms with Crippen LogP contribution in [-0.4, -0.2) is 44.0 Å².